The third-order valence-corrected chi connectivity index (χ3v) is 1.28. The van der Waals surface area contributed by atoms with Crippen LogP contribution in [0.5, 0.6) is 0 Å². The molecule has 6 heteroatoms. The van der Waals surface area contributed by atoms with Crippen molar-refractivity contribution in [3.63, 3.8) is 0 Å². The molecule has 14 heavy (non-hydrogen) atoms. The van der Waals surface area contributed by atoms with E-state index in [1.165, 1.54) is 18.1 Å². The molecule has 0 atom stereocenters. The molecule has 0 saturated heterocycles. The Hall–Kier alpha value is 0.201. The van der Waals surface area contributed by atoms with Crippen LogP contribution in [0.15, 0.2) is 18.3 Å². The van der Waals surface area contributed by atoms with Gasteiger partial charge < -0.3 is 12.9 Å². The molecule has 0 fully saturated rings. The number of pyridine rings is 1. The molecule has 1 nitrogen and oxygen atoms in total. The number of nitrogens with zero attached hydrogens (tertiary/aromatic N) is 1. The van der Waals surface area contributed by atoms with Gasteiger partial charge in [0.25, 0.3) is 0 Å². The quantitative estimate of drug-likeness (QED) is 0.411. The smallest absolute Gasteiger partial charge is 0.438 e. The predicted octanol–water partition coefficient (Wildman–Crippen LogP) is -0.868. The Labute approximate surface area is 123 Å². The van der Waals surface area contributed by atoms with Gasteiger partial charge in [-0.15, -0.1) is 0 Å². The van der Waals surface area contributed by atoms with Gasteiger partial charge in [-0.1, -0.05) is 12.0 Å². The largest absolute Gasteiger partial charge is 1.00 e. The summed E-state index contributed by atoms with van der Waals surface area (Å²) in [5.41, 5.74) is 1.04. The minimum Gasteiger partial charge on any atom is -0.438 e. The molecule has 0 aliphatic heterocycles. The Balaban J connectivity index is 0.00000169. The van der Waals surface area contributed by atoms with E-state index in [1.807, 2.05) is 5.92 Å². The molecule has 0 N–H and O–H groups in total. The second kappa shape index (κ2) is 5.93. The number of hydrogen-bond donors (Lipinski definition) is 0. The zero-order valence-corrected chi connectivity index (χ0v) is 11.0. The molecule has 0 aliphatic carbocycles. The van der Waals surface area contributed by atoms with E-state index in [9.17, 15) is 12.9 Å². The van der Waals surface area contributed by atoms with E-state index < -0.39 is 6.98 Å². The summed E-state index contributed by atoms with van der Waals surface area (Å²) >= 11 is 0. The molecule has 68 valence electrons. The van der Waals surface area contributed by atoms with E-state index in [0.29, 0.717) is 0 Å². The first-order valence-electron chi connectivity index (χ1n) is 3.62. The molecule has 0 radical (unpaired) electrons. The summed E-state index contributed by atoms with van der Waals surface area (Å²) in [5, 5.41) is 0. The summed E-state index contributed by atoms with van der Waals surface area (Å²) in [6, 6.07) is 3.13. The van der Waals surface area contributed by atoms with Crippen molar-refractivity contribution < 1.29 is 64.3 Å². The third kappa shape index (κ3) is 5.83. The van der Waals surface area contributed by atoms with Crippen LogP contribution in [0.2, 0.25) is 0 Å². The maximum absolute atomic E-state index is 11.7. The van der Waals surface area contributed by atoms with Crippen molar-refractivity contribution >= 4 is 6.98 Å². The second-order valence-corrected chi connectivity index (χ2v) is 2.56. The van der Waals surface area contributed by atoms with Gasteiger partial charge in [0.1, 0.15) is 5.69 Å². The molecule has 0 amide bonds. The van der Waals surface area contributed by atoms with Crippen LogP contribution >= 0.6 is 0 Å². The molecule has 1 aromatic rings. The fourth-order valence-electron chi connectivity index (χ4n) is 0.698. The Kier molecular flexibility index (Phi) is 6.02. The van der Waals surface area contributed by atoms with Crippen molar-refractivity contribution in [2.24, 2.45) is 0 Å². The Morgan fingerprint density at radius 3 is 2.36 bits per heavy atom. The maximum Gasteiger partial charge on any atom is 1.00 e. The normalized spacial score (nSPS) is 9.71. The number of rotatable bonds is 0. The first-order chi connectivity index (χ1) is 5.97. The summed E-state index contributed by atoms with van der Waals surface area (Å²) in [6.45, 7) is -3.23. The van der Waals surface area contributed by atoms with E-state index in [-0.39, 0.29) is 57.1 Å². The summed E-state index contributed by atoms with van der Waals surface area (Å²) in [4.78, 5) is 3.72. The number of aromatic nitrogens is 1. The van der Waals surface area contributed by atoms with Gasteiger partial charge in [-0.05, 0) is 18.6 Å². The maximum atomic E-state index is 11.7. The Morgan fingerprint density at radius 2 is 1.93 bits per heavy atom. The van der Waals surface area contributed by atoms with Crippen LogP contribution in [0.4, 0.5) is 12.9 Å². The van der Waals surface area contributed by atoms with Gasteiger partial charge in [0.2, 0.25) is 0 Å². The zero-order chi connectivity index (χ0) is 9.90. The van der Waals surface area contributed by atoms with Crippen molar-refractivity contribution in [3.05, 3.63) is 29.6 Å². The van der Waals surface area contributed by atoms with Crippen LogP contribution in [0.25, 0.3) is 0 Å². The molecular weight excluding hydrogens is 217 g/mol. The fraction of sp³-hybridized carbons (Fsp3) is 0.125. The van der Waals surface area contributed by atoms with Crippen LogP contribution in [0.3, 0.4) is 0 Å². The third-order valence-electron chi connectivity index (χ3n) is 1.28. The zero-order valence-electron chi connectivity index (χ0n) is 7.89. The SMILES string of the molecule is Cc1ccc(C#C[B-](F)(F)F)nc1.[K+]. The minimum atomic E-state index is -5.04. The predicted molar refractivity (Wildman–Crippen MR) is 44.9 cm³/mol. The van der Waals surface area contributed by atoms with E-state index in [1.54, 1.807) is 13.0 Å². The number of aryl methyl sites for hydroxylation is 1. The first-order valence-corrected chi connectivity index (χ1v) is 3.62. The molecule has 0 bridgehead atoms. The molecule has 1 heterocycles. The topological polar surface area (TPSA) is 12.9 Å². The van der Waals surface area contributed by atoms with Gasteiger partial charge in [-0.2, -0.15) is 5.82 Å². The van der Waals surface area contributed by atoms with Crippen molar-refractivity contribution in [2.45, 2.75) is 6.92 Å². The molecule has 0 spiro atoms. The number of halogens is 3. The molecule has 0 saturated carbocycles. The monoisotopic (exact) mass is 223 g/mol. The van der Waals surface area contributed by atoms with Crippen molar-refractivity contribution in [2.75, 3.05) is 0 Å². The van der Waals surface area contributed by atoms with Crippen molar-refractivity contribution in [3.8, 4) is 11.7 Å². The molecule has 0 unspecified atom stereocenters. The second-order valence-electron chi connectivity index (χ2n) is 2.56. The standard InChI is InChI=1S/C8H6BF3N.K/c1-7-2-3-8(13-6-7)4-5-9(10,11)12;/h2-3,6H,1H3;/q-1;+1. The Morgan fingerprint density at radius 1 is 1.29 bits per heavy atom. The van der Waals surface area contributed by atoms with E-state index in [0.717, 1.165) is 5.56 Å². The molecule has 1 aromatic heterocycles. The van der Waals surface area contributed by atoms with E-state index >= 15 is 0 Å². The van der Waals surface area contributed by atoms with Gasteiger partial charge >= 0.3 is 58.4 Å². The average molecular weight is 223 g/mol. The van der Waals surface area contributed by atoms with Gasteiger partial charge in [0, 0.05) is 6.20 Å². The van der Waals surface area contributed by atoms with E-state index in [4.69, 9.17) is 0 Å². The molecular formula is C8H6BF3KN. The van der Waals surface area contributed by atoms with Crippen molar-refractivity contribution in [1.82, 2.24) is 4.98 Å². The Bertz CT molecular complexity index is 350. The van der Waals surface area contributed by atoms with Crippen LogP contribution in [-0.2, 0) is 0 Å². The van der Waals surface area contributed by atoms with Crippen LogP contribution < -0.4 is 51.4 Å². The van der Waals surface area contributed by atoms with Gasteiger partial charge in [-0.3, -0.25) is 0 Å². The van der Waals surface area contributed by atoms with Crippen LogP contribution in [-0.4, -0.2) is 12.0 Å². The average Bonchev–Trinajstić information content (AvgIpc) is 2.02. The number of hydrogen-bond acceptors (Lipinski definition) is 1. The van der Waals surface area contributed by atoms with E-state index in [2.05, 4.69) is 4.98 Å². The fourth-order valence-corrected chi connectivity index (χ4v) is 0.698. The molecule has 0 aliphatic rings. The summed E-state index contributed by atoms with van der Waals surface area (Å²) < 4.78 is 35.0. The molecule has 0 aromatic carbocycles. The van der Waals surface area contributed by atoms with Gasteiger partial charge in [-0.25, -0.2) is 4.98 Å². The summed E-state index contributed by atoms with van der Waals surface area (Å²) in [7, 11) is 0. The summed E-state index contributed by atoms with van der Waals surface area (Å²) in [6.07, 6.45) is 1.48. The van der Waals surface area contributed by atoms with Gasteiger partial charge in [0.05, 0.1) is 0 Å². The molecule has 1 rings (SSSR count). The first kappa shape index (κ1) is 14.2. The van der Waals surface area contributed by atoms with Crippen LogP contribution in [0, 0.1) is 18.7 Å². The van der Waals surface area contributed by atoms with Gasteiger partial charge in [0.15, 0.2) is 0 Å². The minimum absolute atomic E-state index is 0. The van der Waals surface area contributed by atoms with Crippen LogP contribution in [0.1, 0.15) is 11.3 Å². The summed E-state index contributed by atoms with van der Waals surface area (Å²) in [5.74, 6) is 3.16. The van der Waals surface area contributed by atoms with Crippen molar-refractivity contribution in [1.29, 1.82) is 0 Å².